The molecular weight excluding hydrogens is 360 g/mol. The second-order valence-corrected chi connectivity index (χ2v) is 6.23. The SMILES string of the molecule is Clc1cc(Br)cc(-c2ccccc2)c1OCc1ccccc1. The van der Waals surface area contributed by atoms with Crippen LogP contribution in [-0.4, -0.2) is 0 Å². The molecular formula is C19H14BrClO. The van der Waals surface area contributed by atoms with Gasteiger partial charge in [-0.15, -0.1) is 0 Å². The van der Waals surface area contributed by atoms with Crippen LogP contribution >= 0.6 is 27.5 Å². The fourth-order valence-electron chi connectivity index (χ4n) is 2.27. The fourth-order valence-corrected chi connectivity index (χ4v) is 3.13. The van der Waals surface area contributed by atoms with Crippen molar-refractivity contribution in [1.29, 1.82) is 0 Å². The monoisotopic (exact) mass is 372 g/mol. The maximum atomic E-state index is 6.40. The van der Waals surface area contributed by atoms with Crippen LogP contribution in [0.25, 0.3) is 11.1 Å². The molecule has 0 aromatic heterocycles. The van der Waals surface area contributed by atoms with Crippen LogP contribution in [0.2, 0.25) is 5.02 Å². The summed E-state index contributed by atoms with van der Waals surface area (Å²) >= 11 is 9.90. The molecule has 3 aromatic rings. The van der Waals surface area contributed by atoms with E-state index in [9.17, 15) is 0 Å². The Bertz CT molecular complexity index is 757. The Kier molecular flexibility index (Phi) is 4.81. The van der Waals surface area contributed by atoms with Crippen molar-refractivity contribution in [3.05, 3.63) is 87.9 Å². The average molecular weight is 374 g/mol. The topological polar surface area (TPSA) is 9.23 Å². The summed E-state index contributed by atoms with van der Waals surface area (Å²) in [4.78, 5) is 0. The molecule has 0 spiro atoms. The van der Waals surface area contributed by atoms with Crippen LogP contribution in [0, 0.1) is 0 Å². The first-order valence-electron chi connectivity index (χ1n) is 6.95. The molecule has 3 heteroatoms. The lowest BCUT2D eigenvalue weighted by atomic mass is 10.0. The van der Waals surface area contributed by atoms with E-state index in [1.54, 1.807) is 0 Å². The molecule has 110 valence electrons. The standard InChI is InChI=1S/C19H14BrClO/c20-16-11-17(15-9-5-2-6-10-15)19(18(21)12-16)22-13-14-7-3-1-4-8-14/h1-12H,13H2. The molecule has 1 nitrogen and oxygen atoms in total. The van der Waals surface area contributed by atoms with E-state index in [-0.39, 0.29) is 0 Å². The van der Waals surface area contributed by atoms with Gasteiger partial charge < -0.3 is 4.74 Å². The lowest BCUT2D eigenvalue weighted by Gasteiger charge is -2.14. The van der Waals surface area contributed by atoms with E-state index in [1.807, 2.05) is 72.8 Å². The van der Waals surface area contributed by atoms with Gasteiger partial charge >= 0.3 is 0 Å². The summed E-state index contributed by atoms with van der Waals surface area (Å²) in [5.74, 6) is 0.708. The van der Waals surface area contributed by atoms with Gasteiger partial charge in [-0.3, -0.25) is 0 Å². The fraction of sp³-hybridized carbons (Fsp3) is 0.0526. The van der Waals surface area contributed by atoms with E-state index >= 15 is 0 Å². The molecule has 3 aromatic carbocycles. The normalized spacial score (nSPS) is 10.5. The summed E-state index contributed by atoms with van der Waals surface area (Å²) in [5.41, 5.74) is 3.17. The van der Waals surface area contributed by atoms with Crippen LogP contribution in [0.3, 0.4) is 0 Å². The summed E-state index contributed by atoms with van der Waals surface area (Å²) in [6.07, 6.45) is 0. The number of halogens is 2. The maximum Gasteiger partial charge on any atom is 0.146 e. The highest BCUT2D eigenvalue weighted by molar-refractivity contribution is 9.10. The zero-order valence-corrected chi connectivity index (χ0v) is 14.1. The zero-order chi connectivity index (χ0) is 15.4. The third-order valence-electron chi connectivity index (χ3n) is 3.32. The predicted molar refractivity (Wildman–Crippen MR) is 95.4 cm³/mol. The van der Waals surface area contributed by atoms with E-state index in [0.29, 0.717) is 17.4 Å². The first-order valence-corrected chi connectivity index (χ1v) is 8.12. The van der Waals surface area contributed by atoms with Crippen LogP contribution in [0.5, 0.6) is 5.75 Å². The number of hydrogen-bond acceptors (Lipinski definition) is 1. The molecule has 0 fully saturated rings. The van der Waals surface area contributed by atoms with E-state index < -0.39 is 0 Å². The van der Waals surface area contributed by atoms with Crippen molar-refractivity contribution >= 4 is 27.5 Å². The van der Waals surface area contributed by atoms with Crippen molar-refractivity contribution in [1.82, 2.24) is 0 Å². The molecule has 0 unspecified atom stereocenters. The molecule has 22 heavy (non-hydrogen) atoms. The minimum absolute atomic E-state index is 0.488. The van der Waals surface area contributed by atoms with Crippen molar-refractivity contribution in [2.75, 3.05) is 0 Å². The first-order chi connectivity index (χ1) is 10.7. The minimum atomic E-state index is 0.488. The molecule has 0 atom stereocenters. The molecule has 3 rings (SSSR count). The lowest BCUT2D eigenvalue weighted by molar-refractivity contribution is 0.307. The third kappa shape index (κ3) is 3.52. The molecule has 0 aliphatic heterocycles. The van der Waals surface area contributed by atoms with Crippen LogP contribution in [0.1, 0.15) is 5.56 Å². The summed E-state index contributed by atoms with van der Waals surface area (Å²) in [6, 6.07) is 24.1. The predicted octanol–water partition coefficient (Wildman–Crippen LogP) is 6.35. The second-order valence-electron chi connectivity index (χ2n) is 4.90. The second kappa shape index (κ2) is 6.99. The van der Waals surface area contributed by atoms with Gasteiger partial charge in [-0.25, -0.2) is 0 Å². The molecule has 0 saturated heterocycles. The van der Waals surface area contributed by atoms with Gasteiger partial charge in [-0.05, 0) is 23.3 Å². The zero-order valence-electron chi connectivity index (χ0n) is 11.8. The third-order valence-corrected chi connectivity index (χ3v) is 4.06. The van der Waals surface area contributed by atoms with Crippen LogP contribution < -0.4 is 4.74 Å². The van der Waals surface area contributed by atoms with Gasteiger partial charge in [0.05, 0.1) is 5.02 Å². The Morgan fingerprint density at radius 2 is 1.50 bits per heavy atom. The van der Waals surface area contributed by atoms with Gasteiger partial charge in [-0.1, -0.05) is 88.2 Å². The van der Waals surface area contributed by atoms with Gasteiger partial charge in [0, 0.05) is 10.0 Å². The van der Waals surface area contributed by atoms with Crippen molar-refractivity contribution in [3.63, 3.8) is 0 Å². The Balaban J connectivity index is 1.96. The first kappa shape index (κ1) is 15.1. The van der Waals surface area contributed by atoms with Gasteiger partial charge in [0.1, 0.15) is 12.4 Å². The highest BCUT2D eigenvalue weighted by Crippen LogP contribution is 2.39. The average Bonchev–Trinajstić information content (AvgIpc) is 2.55. The van der Waals surface area contributed by atoms with E-state index in [2.05, 4.69) is 15.9 Å². The molecule has 0 aliphatic rings. The summed E-state index contributed by atoms with van der Waals surface area (Å²) in [5, 5.41) is 0.601. The highest BCUT2D eigenvalue weighted by Gasteiger charge is 2.12. The summed E-state index contributed by atoms with van der Waals surface area (Å²) < 4.78 is 6.94. The molecule has 0 radical (unpaired) electrons. The van der Waals surface area contributed by atoms with E-state index in [4.69, 9.17) is 16.3 Å². The molecule has 0 saturated carbocycles. The molecule has 0 aliphatic carbocycles. The summed E-state index contributed by atoms with van der Waals surface area (Å²) in [6.45, 7) is 0.488. The Morgan fingerprint density at radius 1 is 0.864 bits per heavy atom. The maximum absolute atomic E-state index is 6.40. The molecule has 0 heterocycles. The minimum Gasteiger partial charge on any atom is -0.487 e. The van der Waals surface area contributed by atoms with Gasteiger partial charge in [0.15, 0.2) is 0 Å². The van der Waals surface area contributed by atoms with Crippen molar-refractivity contribution in [2.45, 2.75) is 6.61 Å². The smallest absolute Gasteiger partial charge is 0.146 e. The summed E-state index contributed by atoms with van der Waals surface area (Å²) in [7, 11) is 0. The highest BCUT2D eigenvalue weighted by atomic mass is 79.9. The molecule has 0 N–H and O–H groups in total. The Morgan fingerprint density at radius 3 is 2.18 bits per heavy atom. The quantitative estimate of drug-likeness (QED) is 0.518. The number of ether oxygens (including phenoxy) is 1. The van der Waals surface area contributed by atoms with Crippen LogP contribution in [0.15, 0.2) is 77.3 Å². The van der Waals surface area contributed by atoms with Gasteiger partial charge in [-0.2, -0.15) is 0 Å². The van der Waals surface area contributed by atoms with Crippen molar-refractivity contribution < 1.29 is 4.74 Å². The largest absolute Gasteiger partial charge is 0.487 e. The number of hydrogen-bond donors (Lipinski definition) is 0. The van der Waals surface area contributed by atoms with Crippen molar-refractivity contribution in [3.8, 4) is 16.9 Å². The Hall–Kier alpha value is -1.77. The van der Waals surface area contributed by atoms with Gasteiger partial charge in [0.25, 0.3) is 0 Å². The Labute approximate surface area is 143 Å². The molecule has 0 bridgehead atoms. The van der Waals surface area contributed by atoms with E-state index in [0.717, 1.165) is 21.2 Å². The van der Waals surface area contributed by atoms with Crippen LogP contribution in [0.4, 0.5) is 0 Å². The van der Waals surface area contributed by atoms with E-state index in [1.165, 1.54) is 0 Å². The van der Waals surface area contributed by atoms with Gasteiger partial charge in [0.2, 0.25) is 0 Å². The van der Waals surface area contributed by atoms with Crippen molar-refractivity contribution in [2.24, 2.45) is 0 Å². The number of rotatable bonds is 4. The van der Waals surface area contributed by atoms with Crippen LogP contribution in [-0.2, 0) is 6.61 Å². The molecule has 0 amide bonds. The lowest BCUT2D eigenvalue weighted by Crippen LogP contribution is -1.98. The number of benzene rings is 3.